The molecule has 3 heteroatoms. The summed E-state index contributed by atoms with van der Waals surface area (Å²) in [4.78, 5) is 0. The lowest BCUT2D eigenvalue weighted by Crippen LogP contribution is -2.29. The summed E-state index contributed by atoms with van der Waals surface area (Å²) in [5.74, 6) is 7.25. The Hall–Kier alpha value is -3.17. The van der Waals surface area contributed by atoms with Crippen molar-refractivity contribution in [1.82, 2.24) is 4.57 Å². The second kappa shape index (κ2) is 9.51. The summed E-state index contributed by atoms with van der Waals surface area (Å²) in [6.07, 6.45) is 14.9. The maximum Gasteiger partial charge on any atom is 0.117 e. The Labute approximate surface area is 162 Å². The standard InChI is InChI=1S/C24H26N2O/c1-6-8-10-18(3)15-19(4)13-14-23-22(17-25)21-12-9-11-20(27-5)16-24(21)26(23)7-2/h6,8,10-12,15-16H,7,9H2,1-5H3/b8-6-,18-10-,19-15+. The van der Waals surface area contributed by atoms with Crippen molar-refractivity contribution >= 4 is 12.2 Å². The van der Waals surface area contributed by atoms with Gasteiger partial charge in [-0.2, -0.15) is 5.26 Å². The normalized spacial score (nSPS) is 14.1. The lowest BCUT2D eigenvalue weighted by molar-refractivity contribution is 0.312. The van der Waals surface area contributed by atoms with Gasteiger partial charge < -0.3 is 9.30 Å². The van der Waals surface area contributed by atoms with Crippen LogP contribution < -0.4 is 10.6 Å². The lowest BCUT2D eigenvalue weighted by Gasteiger charge is -2.03. The molecular formula is C24H26N2O. The number of nitrogens with zero attached hydrogens (tertiary/aromatic N) is 2. The predicted octanol–water partition coefficient (Wildman–Crippen LogP) is 3.69. The molecule has 1 aliphatic rings. The first-order valence-electron chi connectivity index (χ1n) is 9.14. The highest BCUT2D eigenvalue weighted by atomic mass is 16.5. The Bertz CT molecular complexity index is 1050. The molecule has 0 aromatic carbocycles. The van der Waals surface area contributed by atoms with Gasteiger partial charge in [0.1, 0.15) is 17.5 Å². The fraction of sp³-hybridized carbons (Fsp3) is 0.292. The average Bonchev–Trinajstić information content (AvgIpc) is 2.79. The topological polar surface area (TPSA) is 38.0 Å². The number of nitriles is 1. The number of allylic oxidation sites excluding steroid dienone is 8. The molecule has 1 aromatic rings. The minimum Gasteiger partial charge on any atom is -0.497 e. The predicted molar refractivity (Wildman–Crippen MR) is 112 cm³/mol. The maximum absolute atomic E-state index is 9.76. The fourth-order valence-corrected chi connectivity index (χ4v) is 3.05. The van der Waals surface area contributed by atoms with Gasteiger partial charge in [0, 0.05) is 17.8 Å². The molecule has 1 aliphatic carbocycles. The molecule has 0 radical (unpaired) electrons. The van der Waals surface area contributed by atoms with Gasteiger partial charge in [-0.15, -0.1) is 0 Å². The van der Waals surface area contributed by atoms with E-state index in [2.05, 4.69) is 35.5 Å². The van der Waals surface area contributed by atoms with Gasteiger partial charge in [-0.1, -0.05) is 35.8 Å². The van der Waals surface area contributed by atoms with E-state index in [0.29, 0.717) is 5.56 Å². The maximum atomic E-state index is 9.76. The van der Waals surface area contributed by atoms with Crippen LogP contribution in [0.15, 0.2) is 47.3 Å². The van der Waals surface area contributed by atoms with Crippen molar-refractivity contribution in [3.05, 3.63) is 69.1 Å². The summed E-state index contributed by atoms with van der Waals surface area (Å²) in [6, 6.07) is 2.35. The van der Waals surface area contributed by atoms with E-state index in [1.54, 1.807) is 7.11 Å². The summed E-state index contributed by atoms with van der Waals surface area (Å²) in [5, 5.41) is 11.7. The van der Waals surface area contributed by atoms with Crippen LogP contribution in [0.4, 0.5) is 0 Å². The summed E-state index contributed by atoms with van der Waals surface area (Å²) >= 11 is 0. The molecule has 0 saturated carbocycles. The Kier molecular flexibility index (Phi) is 7.09. The molecular weight excluding hydrogens is 332 g/mol. The van der Waals surface area contributed by atoms with E-state index in [9.17, 15) is 5.26 Å². The van der Waals surface area contributed by atoms with Gasteiger partial charge >= 0.3 is 0 Å². The van der Waals surface area contributed by atoms with Crippen molar-refractivity contribution in [2.75, 3.05) is 7.11 Å². The van der Waals surface area contributed by atoms with Gasteiger partial charge in [0.15, 0.2) is 0 Å². The van der Waals surface area contributed by atoms with Gasteiger partial charge in [-0.05, 0) is 57.8 Å². The van der Waals surface area contributed by atoms with E-state index >= 15 is 0 Å². The molecule has 0 unspecified atom stereocenters. The van der Waals surface area contributed by atoms with Crippen LogP contribution >= 0.6 is 0 Å². The zero-order valence-electron chi connectivity index (χ0n) is 16.8. The number of hydrogen-bond donors (Lipinski definition) is 0. The molecule has 0 amide bonds. The average molecular weight is 358 g/mol. The summed E-state index contributed by atoms with van der Waals surface area (Å²) in [5.41, 5.74) is 3.49. The minimum atomic E-state index is 0.635. The molecule has 27 heavy (non-hydrogen) atoms. The zero-order valence-corrected chi connectivity index (χ0v) is 16.8. The molecule has 0 spiro atoms. The van der Waals surface area contributed by atoms with E-state index in [1.165, 1.54) is 0 Å². The summed E-state index contributed by atoms with van der Waals surface area (Å²) in [7, 11) is 1.66. The van der Waals surface area contributed by atoms with E-state index in [0.717, 1.165) is 46.1 Å². The molecule has 0 bridgehead atoms. The van der Waals surface area contributed by atoms with Crippen LogP contribution in [0, 0.1) is 23.2 Å². The van der Waals surface area contributed by atoms with Crippen molar-refractivity contribution in [3.8, 4) is 17.9 Å². The van der Waals surface area contributed by atoms with Crippen molar-refractivity contribution < 1.29 is 4.74 Å². The van der Waals surface area contributed by atoms with E-state index < -0.39 is 0 Å². The summed E-state index contributed by atoms with van der Waals surface area (Å²) < 4.78 is 7.51. The highest BCUT2D eigenvalue weighted by molar-refractivity contribution is 5.57. The molecule has 1 aromatic heterocycles. The van der Waals surface area contributed by atoms with E-state index in [-0.39, 0.29) is 0 Å². The van der Waals surface area contributed by atoms with Crippen LogP contribution in [0.2, 0.25) is 0 Å². The number of hydrogen-bond acceptors (Lipinski definition) is 2. The van der Waals surface area contributed by atoms with Crippen LogP contribution in [-0.4, -0.2) is 11.7 Å². The molecule has 0 saturated heterocycles. The molecule has 138 valence electrons. The third-order valence-corrected chi connectivity index (χ3v) is 4.30. The molecule has 2 rings (SSSR count). The molecule has 0 fully saturated rings. The van der Waals surface area contributed by atoms with Crippen molar-refractivity contribution in [1.29, 1.82) is 5.26 Å². The summed E-state index contributed by atoms with van der Waals surface area (Å²) in [6.45, 7) is 8.82. The number of aromatic nitrogens is 1. The Balaban J connectivity index is 2.62. The van der Waals surface area contributed by atoms with Gasteiger partial charge in [-0.25, -0.2) is 0 Å². The SMILES string of the molecule is C\C=C/C=C(C)\C=C(/C)C#Cc1c(C#N)c2c(n1CC)=CC(OC)=CCC=2. The number of rotatable bonds is 4. The Morgan fingerprint density at radius 1 is 1.33 bits per heavy atom. The number of ether oxygens (including phenoxy) is 1. The van der Waals surface area contributed by atoms with E-state index in [1.807, 2.05) is 57.2 Å². The molecule has 1 heterocycles. The third-order valence-electron chi connectivity index (χ3n) is 4.30. The molecule has 0 aliphatic heterocycles. The zero-order chi connectivity index (χ0) is 19.8. The van der Waals surface area contributed by atoms with Gasteiger partial charge in [-0.3, -0.25) is 0 Å². The lowest BCUT2D eigenvalue weighted by atomic mass is 10.1. The molecule has 0 N–H and O–H groups in total. The van der Waals surface area contributed by atoms with Crippen LogP contribution in [0.1, 0.15) is 45.4 Å². The fourth-order valence-electron chi connectivity index (χ4n) is 3.05. The van der Waals surface area contributed by atoms with Crippen LogP contribution in [0.3, 0.4) is 0 Å². The monoisotopic (exact) mass is 358 g/mol. The molecule has 3 nitrogen and oxygen atoms in total. The van der Waals surface area contributed by atoms with Crippen molar-refractivity contribution in [3.63, 3.8) is 0 Å². The number of fused-ring (bicyclic) bond motifs is 1. The Morgan fingerprint density at radius 3 is 2.74 bits per heavy atom. The number of methoxy groups -OCH3 is 1. The largest absolute Gasteiger partial charge is 0.497 e. The first-order chi connectivity index (χ1) is 13.0. The first-order valence-corrected chi connectivity index (χ1v) is 9.14. The van der Waals surface area contributed by atoms with Crippen molar-refractivity contribution in [2.45, 2.75) is 40.7 Å². The highest BCUT2D eigenvalue weighted by Crippen LogP contribution is 2.08. The van der Waals surface area contributed by atoms with Gasteiger partial charge in [0.25, 0.3) is 0 Å². The minimum absolute atomic E-state index is 0.635. The van der Waals surface area contributed by atoms with Crippen LogP contribution in [-0.2, 0) is 11.3 Å². The van der Waals surface area contributed by atoms with Crippen molar-refractivity contribution in [2.24, 2.45) is 0 Å². The van der Waals surface area contributed by atoms with E-state index in [4.69, 9.17) is 4.74 Å². The second-order valence-corrected chi connectivity index (χ2v) is 6.29. The van der Waals surface area contributed by atoms with Gasteiger partial charge in [0.05, 0.1) is 18.0 Å². The third kappa shape index (κ3) is 4.72. The van der Waals surface area contributed by atoms with Crippen LogP contribution in [0.25, 0.3) is 12.2 Å². The molecule has 0 atom stereocenters. The second-order valence-electron chi connectivity index (χ2n) is 6.29. The highest BCUT2D eigenvalue weighted by Gasteiger charge is 2.13. The smallest absolute Gasteiger partial charge is 0.117 e. The van der Waals surface area contributed by atoms with Crippen LogP contribution in [0.5, 0.6) is 0 Å². The van der Waals surface area contributed by atoms with Gasteiger partial charge in [0.2, 0.25) is 0 Å². The Morgan fingerprint density at radius 2 is 2.11 bits per heavy atom. The quantitative estimate of drug-likeness (QED) is 0.608. The first kappa shape index (κ1) is 20.1.